The summed E-state index contributed by atoms with van der Waals surface area (Å²) in [6.45, 7) is 0. The summed E-state index contributed by atoms with van der Waals surface area (Å²) in [6, 6.07) is 0. The molecule has 0 bridgehead atoms. The van der Waals surface area contributed by atoms with Crippen LogP contribution in [0.1, 0.15) is 0 Å². The molecule has 0 saturated carbocycles. The smallest absolute Gasteiger partial charge is 0.215 e. The maximum absolute atomic E-state index is 10.6. The van der Waals surface area contributed by atoms with E-state index in [2.05, 4.69) is 79.6 Å². The number of hydrogen-bond acceptors (Lipinski definition) is 1. The molecule has 0 amide bonds. The zero-order chi connectivity index (χ0) is 8.58. The van der Waals surface area contributed by atoms with Gasteiger partial charge in [0.05, 0.1) is 0 Å². The first-order valence-electron chi connectivity index (χ1n) is 1.75. The third kappa shape index (κ3) is 3.10. The molecule has 0 aliphatic heterocycles. The van der Waals surface area contributed by atoms with Crippen LogP contribution < -0.4 is 0 Å². The van der Waals surface area contributed by atoms with Gasteiger partial charge in [0, 0.05) is 0 Å². The Labute approximate surface area is 103 Å². The first-order valence-corrected chi connectivity index (χ1v) is 6.82. The van der Waals surface area contributed by atoms with Gasteiger partial charge in [-0.15, -0.1) is 0 Å². The summed E-state index contributed by atoms with van der Waals surface area (Å²) in [5.41, 5.74) is 0. The summed E-state index contributed by atoms with van der Waals surface area (Å²) in [7, 11) is 0. The van der Waals surface area contributed by atoms with Gasteiger partial charge in [-0.1, -0.05) is 79.6 Å². The lowest BCUT2D eigenvalue weighted by Crippen LogP contribution is -2.32. The summed E-state index contributed by atoms with van der Waals surface area (Å²) in [6.07, 6.45) is 0. The van der Waals surface area contributed by atoms with Crippen LogP contribution in [-0.2, 0) is 11.1 Å². The van der Waals surface area contributed by atoms with Crippen LogP contribution in [0.15, 0.2) is 0 Å². The molecule has 0 aromatic heterocycles. The molecule has 1 unspecified atom stereocenters. The quantitative estimate of drug-likeness (QED) is 0.453. The van der Waals surface area contributed by atoms with E-state index in [1.165, 1.54) is 0 Å². The van der Waals surface area contributed by atoms with E-state index in [1.54, 1.807) is 0 Å². The second-order valence-electron chi connectivity index (χ2n) is 1.26. The first-order chi connectivity index (χ1) is 4.19. The summed E-state index contributed by atoms with van der Waals surface area (Å²) in [4.78, 5) is 0. The van der Waals surface area contributed by atoms with Crippen LogP contribution in [0.3, 0.4) is 0 Å². The molecule has 0 spiro atoms. The van der Waals surface area contributed by atoms with E-state index in [0.29, 0.717) is 0 Å². The molecule has 1 N–H and O–H groups in total. The van der Waals surface area contributed by atoms with Crippen molar-refractivity contribution < 1.29 is 8.76 Å². The van der Waals surface area contributed by atoms with Crippen molar-refractivity contribution in [2.45, 2.75) is 4.71 Å². The molecule has 1 atom stereocenters. The lowest BCUT2D eigenvalue weighted by molar-refractivity contribution is 0.561. The second kappa shape index (κ2) is 4.15. The monoisotopic (exact) mass is 484 g/mol. The lowest BCUT2D eigenvalue weighted by atomic mass is 11.0. The van der Waals surface area contributed by atoms with Gasteiger partial charge in [-0.3, -0.25) is 0 Å². The molecule has 0 saturated heterocycles. The number of alkyl halides is 5. The first kappa shape index (κ1) is 12.5. The van der Waals surface area contributed by atoms with Gasteiger partial charge in [-0.2, -0.15) is 0 Å². The van der Waals surface area contributed by atoms with Crippen LogP contribution in [0.2, 0.25) is 0 Å². The van der Waals surface area contributed by atoms with Crippen LogP contribution in [-0.4, -0.2) is 13.5 Å². The van der Waals surface area contributed by atoms with Crippen LogP contribution in [0.4, 0.5) is 0 Å². The minimum Gasteiger partial charge on any atom is -0.304 e. The third-order valence-corrected chi connectivity index (χ3v) is 9.91. The highest BCUT2D eigenvalue weighted by Crippen LogP contribution is 2.53. The van der Waals surface area contributed by atoms with Gasteiger partial charge < -0.3 is 4.55 Å². The molecule has 0 aliphatic carbocycles. The zero-order valence-electron chi connectivity index (χ0n) is 4.15. The zero-order valence-corrected chi connectivity index (χ0v) is 12.9. The molecule has 8 heteroatoms. The van der Waals surface area contributed by atoms with E-state index in [-0.39, 0.29) is 0 Å². The molecule has 0 fully saturated rings. The van der Waals surface area contributed by atoms with Crippen molar-refractivity contribution in [1.82, 2.24) is 0 Å². The van der Waals surface area contributed by atoms with E-state index in [4.69, 9.17) is 4.55 Å². The fourth-order valence-electron chi connectivity index (χ4n) is 0.0990. The fourth-order valence-corrected chi connectivity index (χ4v) is 1.54. The van der Waals surface area contributed by atoms with Crippen molar-refractivity contribution in [3.05, 3.63) is 0 Å². The Morgan fingerprint density at radius 2 is 1.40 bits per heavy atom. The van der Waals surface area contributed by atoms with Crippen molar-refractivity contribution in [3.8, 4) is 0 Å². The van der Waals surface area contributed by atoms with E-state index >= 15 is 0 Å². The molecule has 2 nitrogen and oxygen atoms in total. The van der Waals surface area contributed by atoms with E-state index < -0.39 is 15.8 Å². The predicted octanol–water partition coefficient (Wildman–Crippen LogP) is 3.49. The maximum atomic E-state index is 10.6. The fraction of sp³-hybridized carbons (Fsp3) is 1.00. The van der Waals surface area contributed by atoms with Crippen molar-refractivity contribution in [3.63, 3.8) is 0 Å². The van der Waals surface area contributed by atoms with Crippen molar-refractivity contribution in [1.29, 1.82) is 0 Å². The normalized spacial score (nSPS) is 17.0. The highest BCUT2D eigenvalue weighted by molar-refractivity contribution is 9.42. The van der Waals surface area contributed by atoms with Crippen LogP contribution in [0.5, 0.6) is 0 Å². The SMILES string of the molecule is O=S(O)C(Br)(Br)C(Br)(Br)Br. The van der Waals surface area contributed by atoms with E-state index in [9.17, 15) is 4.21 Å². The minimum absolute atomic E-state index is 0.861. The van der Waals surface area contributed by atoms with Gasteiger partial charge in [0.2, 0.25) is 2.57 Å². The lowest BCUT2D eigenvalue weighted by Gasteiger charge is -2.25. The topological polar surface area (TPSA) is 37.3 Å². The molecule has 0 rings (SSSR count). The minimum atomic E-state index is -2.05. The van der Waals surface area contributed by atoms with Gasteiger partial charge in [-0.05, 0) is 0 Å². The Balaban J connectivity index is 4.57. The Hall–Kier alpha value is 2.51. The van der Waals surface area contributed by atoms with Gasteiger partial charge in [0.15, 0.2) is 13.2 Å². The maximum Gasteiger partial charge on any atom is 0.215 e. The molecule has 0 aliphatic rings. The molecule has 0 aromatic carbocycles. The average molecular weight is 489 g/mol. The van der Waals surface area contributed by atoms with Crippen molar-refractivity contribution in [2.75, 3.05) is 0 Å². The van der Waals surface area contributed by atoms with E-state index in [1.807, 2.05) is 0 Å². The van der Waals surface area contributed by atoms with Gasteiger partial charge >= 0.3 is 0 Å². The third-order valence-electron chi connectivity index (χ3n) is 0.549. The predicted molar refractivity (Wildman–Crippen MR) is 60.9 cm³/mol. The Morgan fingerprint density at radius 1 is 1.10 bits per heavy atom. The molecular weight excluding hydrogens is 488 g/mol. The van der Waals surface area contributed by atoms with Crippen molar-refractivity contribution >= 4 is 90.7 Å². The number of hydrogen-bond donors (Lipinski definition) is 1. The Morgan fingerprint density at radius 3 is 1.40 bits per heavy atom. The summed E-state index contributed by atoms with van der Waals surface area (Å²) < 4.78 is 17.3. The van der Waals surface area contributed by atoms with Gasteiger partial charge in [-0.25, -0.2) is 4.21 Å². The summed E-state index contributed by atoms with van der Waals surface area (Å²) in [5, 5.41) is 0. The number of rotatable bonds is 1. The second-order valence-corrected chi connectivity index (χ2v) is 13.6. The van der Waals surface area contributed by atoms with Crippen LogP contribution >= 0.6 is 79.6 Å². The number of halogens is 5. The van der Waals surface area contributed by atoms with Gasteiger partial charge in [0.1, 0.15) is 0 Å². The molecule has 0 aromatic rings. The van der Waals surface area contributed by atoms with Crippen LogP contribution in [0.25, 0.3) is 0 Å². The van der Waals surface area contributed by atoms with Gasteiger partial charge in [0.25, 0.3) is 0 Å². The Bertz CT molecular complexity index is 150. The van der Waals surface area contributed by atoms with E-state index in [0.717, 1.165) is 0 Å². The Kier molecular flexibility index (Phi) is 5.19. The van der Waals surface area contributed by atoms with Crippen molar-refractivity contribution in [2.24, 2.45) is 0 Å². The molecule has 10 heavy (non-hydrogen) atoms. The molecular formula is C2HBr5O2S. The summed E-state index contributed by atoms with van der Waals surface area (Å²) in [5.74, 6) is 0. The largest absolute Gasteiger partial charge is 0.304 e. The highest BCUT2D eigenvalue weighted by Gasteiger charge is 2.48. The standard InChI is InChI=1S/C2HBr5O2S/c3-1(4,5)2(6,7)10(8)9/h(H,8,9). The molecule has 0 heterocycles. The summed E-state index contributed by atoms with van der Waals surface area (Å²) >= 11 is 13.2. The molecule has 62 valence electrons. The molecule has 0 radical (unpaired) electrons. The average Bonchev–Trinajstić information content (AvgIpc) is 1.62. The highest BCUT2D eigenvalue weighted by atomic mass is 80.0. The van der Waals surface area contributed by atoms with Crippen LogP contribution in [0, 0.1) is 0 Å².